The van der Waals surface area contributed by atoms with Crippen molar-refractivity contribution in [3.05, 3.63) is 11.5 Å². The molecule has 0 unspecified atom stereocenters. The van der Waals surface area contributed by atoms with Crippen molar-refractivity contribution in [2.45, 2.75) is 38.2 Å². The van der Waals surface area contributed by atoms with Gasteiger partial charge in [-0.25, -0.2) is 4.98 Å². The highest BCUT2D eigenvalue weighted by Gasteiger charge is 2.48. The second-order valence-electron chi connectivity index (χ2n) is 5.93. The third kappa shape index (κ3) is 1.91. The Labute approximate surface area is 126 Å². The Balaban J connectivity index is 1.72. The number of halogens is 1. The molecule has 2 aromatic heterocycles. The zero-order valence-corrected chi connectivity index (χ0v) is 12.2. The van der Waals surface area contributed by atoms with Crippen LogP contribution in [0.5, 0.6) is 0 Å². The first-order valence-electron chi connectivity index (χ1n) is 7.03. The van der Waals surface area contributed by atoms with Crippen LogP contribution in [0, 0.1) is 11.8 Å². The quantitative estimate of drug-likeness (QED) is 0.772. The fraction of sp³-hybridized carbons (Fsp3) is 0.615. The van der Waals surface area contributed by atoms with Crippen LogP contribution in [-0.2, 0) is 4.74 Å². The SMILES string of the molecule is C[C@@H]1C[C@@H](O)[C@H]2O[C@@H](n3cnc4c(Cl)nc(N)nc43)C[C@H]21. The molecule has 1 saturated heterocycles. The van der Waals surface area contributed by atoms with E-state index in [2.05, 4.69) is 21.9 Å². The molecule has 0 aromatic carbocycles. The molecule has 3 heterocycles. The van der Waals surface area contributed by atoms with E-state index in [0.717, 1.165) is 12.8 Å². The lowest BCUT2D eigenvalue weighted by atomic mass is 9.95. The maximum atomic E-state index is 10.1. The van der Waals surface area contributed by atoms with Gasteiger partial charge in [0.25, 0.3) is 0 Å². The second kappa shape index (κ2) is 4.53. The number of ether oxygens (including phenoxy) is 1. The lowest BCUT2D eigenvalue weighted by Gasteiger charge is -2.17. The number of fused-ring (bicyclic) bond motifs is 2. The van der Waals surface area contributed by atoms with Crippen LogP contribution < -0.4 is 5.73 Å². The topological polar surface area (TPSA) is 99.1 Å². The van der Waals surface area contributed by atoms with Crippen molar-refractivity contribution in [3.63, 3.8) is 0 Å². The van der Waals surface area contributed by atoms with Gasteiger partial charge in [-0.2, -0.15) is 9.97 Å². The first-order chi connectivity index (χ1) is 10.0. The van der Waals surface area contributed by atoms with Gasteiger partial charge in [0, 0.05) is 0 Å². The van der Waals surface area contributed by atoms with E-state index in [1.54, 1.807) is 6.33 Å². The van der Waals surface area contributed by atoms with Crippen LogP contribution in [-0.4, -0.2) is 36.8 Å². The van der Waals surface area contributed by atoms with Gasteiger partial charge in [-0.05, 0) is 24.7 Å². The number of hydrogen-bond donors (Lipinski definition) is 2. The minimum Gasteiger partial charge on any atom is -0.390 e. The van der Waals surface area contributed by atoms with Crippen molar-refractivity contribution >= 4 is 28.7 Å². The Bertz CT molecular complexity index is 689. The summed E-state index contributed by atoms with van der Waals surface area (Å²) in [7, 11) is 0. The van der Waals surface area contributed by atoms with Gasteiger partial charge < -0.3 is 15.6 Å². The predicted molar refractivity (Wildman–Crippen MR) is 76.6 cm³/mol. The highest BCUT2D eigenvalue weighted by molar-refractivity contribution is 6.33. The molecule has 2 aliphatic rings. The summed E-state index contributed by atoms with van der Waals surface area (Å²) in [5.41, 5.74) is 6.74. The van der Waals surface area contributed by atoms with E-state index in [-0.39, 0.29) is 23.4 Å². The molecule has 1 aliphatic carbocycles. The summed E-state index contributed by atoms with van der Waals surface area (Å²) in [5, 5.41) is 10.3. The minimum absolute atomic E-state index is 0.112. The Morgan fingerprint density at radius 3 is 3.00 bits per heavy atom. The molecule has 8 heteroatoms. The minimum atomic E-state index is -0.395. The van der Waals surface area contributed by atoms with Gasteiger partial charge in [0.2, 0.25) is 5.95 Å². The summed E-state index contributed by atoms with van der Waals surface area (Å²) >= 11 is 6.04. The van der Waals surface area contributed by atoms with Gasteiger partial charge in [-0.3, -0.25) is 4.57 Å². The van der Waals surface area contributed by atoms with Crippen LogP contribution in [0.2, 0.25) is 5.15 Å². The van der Waals surface area contributed by atoms with Crippen molar-refractivity contribution in [2.24, 2.45) is 11.8 Å². The van der Waals surface area contributed by atoms with Crippen LogP contribution in [0.1, 0.15) is 26.0 Å². The van der Waals surface area contributed by atoms with E-state index in [1.165, 1.54) is 0 Å². The Morgan fingerprint density at radius 1 is 1.43 bits per heavy atom. The second-order valence-corrected chi connectivity index (χ2v) is 6.29. The number of nitrogen functional groups attached to an aromatic ring is 1. The van der Waals surface area contributed by atoms with Crippen molar-refractivity contribution in [3.8, 4) is 0 Å². The summed E-state index contributed by atoms with van der Waals surface area (Å²) in [6.45, 7) is 2.16. The zero-order valence-electron chi connectivity index (χ0n) is 11.5. The molecular weight excluding hydrogens is 294 g/mol. The molecule has 21 heavy (non-hydrogen) atoms. The normalized spacial score (nSPS) is 35.5. The van der Waals surface area contributed by atoms with Crippen molar-refractivity contribution in [2.75, 3.05) is 5.73 Å². The molecule has 5 atom stereocenters. The number of aliphatic hydroxyl groups is 1. The van der Waals surface area contributed by atoms with E-state index in [0.29, 0.717) is 23.0 Å². The van der Waals surface area contributed by atoms with Gasteiger partial charge >= 0.3 is 0 Å². The summed E-state index contributed by atoms with van der Waals surface area (Å²) < 4.78 is 7.86. The third-order valence-electron chi connectivity index (χ3n) is 4.64. The van der Waals surface area contributed by atoms with E-state index >= 15 is 0 Å². The molecule has 2 aromatic rings. The number of aliphatic hydroxyl groups excluding tert-OH is 1. The Morgan fingerprint density at radius 2 is 2.24 bits per heavy atom. The largest absolute Gasteiger partial charge is 0.390 e. The summed E-state index contributed by atoms with van der Waals surface area (Å²) in [6, 6.07) is 0. The van der Waals surface area contributed by atoms with Gasteiger partial charge in [0.05, 0.1) is 18.5 Å². The van der Waals surface area contributed by atoms with Crippen LogP contribution in [0.25, 0.3) is 11.2 Å². The smallest absolute Gasteiger partial charge is 0.223 e. The molecule has 3 N–H and O–H groups in total. The molecule has 0 spiro atoms. The molecule has 1 aliphatic heterocycles. The highest BCUT2D eigenvalue weighted by atomic mass is 35.5. The fourth-order valence-corrected chi connectivity index (χ4v) is 3.83. The van der Waals surface area contributed by atoms with Gasteiger partial charge in [-0.15, -0.1) is 0 Å². The molecule has 2 fully saturated rings. The molecule has 112 valence electrons. The monoisotopic (exact) mass is 309 g/mol. The molecule has 0 radical (unpaired) electrons. The van der Waals surface area contributed by atoms with Crippen molar-refractivity contribution < 1.29 is 9.84 Å². The molecular formula is C13H16ClN5O2. The number of aromatic nitrogens is 4. The number of imidazole rings is 1. The molecule has 1 saturated carbocycles. The van der Waals surface area contributed by atoms with Crippen LogP contribution in [0.3, 0.4) is 0 Å². The molecule has 0 bridgehead atoms. The van der Waals surface area contributed by atoms with E-state index in [1.807, 2.05) is 4.57 Å². The summed E-state index contributed by atoms with van der Waals surface area (Å²) in [6.07, 6.45) is 2.56. The first-order valence-corrected chi connectivity index (χ1v) is 7.41. The third-order valence-corrected chi connectivity index (χ3v) is 4.90. The van der Waals surface area contributed by atoms with Gasteiger partial charge in [0.15, 0.2) is 10.8 Å². The van der Waals surface area contributed by atoms with Crippen molar-refractivity contribution in [1.29, 1.82) is 0 Å². The highest BCUT2D eigenvalue weighted by Crippen LogP contribution is 2.46. The predicted octanol–water partition coefficient (Wildman–Crippen LogP) is 1.37. The van der Waals surface area contributed by atoms with E-state index < -0.39 is 6.10 Å². The number of nitrogens with zero attached hydrogens (tertiary/aromatic N) is 4. The molecule has 4 rings (SSSR count). The maximum absolute atomic E-state index is 10.1. The summed E-state index contributed by atoms with van der Waals surface area (Å²) in [4.78, 5) is 12.4. The summed E-state index contributed by atoms with van der Waals surface area (Å²) in [5.74, 6) is 0.922. The first kappa shape index (κ1) is 13.2. The van der Waals surface area contributed by atoms with Crippen LogP contribution >= 0.6 is 11.6 Å². The number of hydrogen-bond acceptors (Lipinski definition) is 6. The van der Waals surface area contributed by atoms with E-state index in [4.69, 9.17) is 22.1 Å². The lowest BCUT2D eigenvalue weighted by molar-refractivity contribution is -0.0525. The average molecular weight is 310 g/mol. The zero-order chi connectivity index (χ0) is 14.7. The molecule has 7 nitrogen and oxygen atoms in total. The standard InChI is InChI=1S/C13H16ClN5O2/c1-5-2-7(20)10-6(5)3-8(21-10)19-4-16-9-11(14)17-13(15)18-12(9)19/h4-8,10,20H,2-3H2,1H3,(H2,15,17,18)/t5-,6+,7-,8-,10+/m1/s1. The number of rotatable bonds is 1. The van der Waals surface area contributed by atoms with Crippen molar-refractivity contribution in [1.82, 2.24) is 19.5 Å². The van der Waals surface area contributed by atoms with Gasteiger partial charge in [0.1, 0.15) is 11.7 Å². The fourth-order valence-electron chi connectivity index (χ4n) is 3.61. The Kier molecular flexibility index (Phi) is 2.85. The molecule has 0 amide bonds. The van der Waals surface area contributed by atoms with Gasteiger partial charge in [-0.1, -0.05) is 18.5 Å². The van der Waals surface area contributed by atoms with Crippen LogP contribution in [0.15, 0.2) is 6.33 Å². The Hall–Kier alpha value is -1.44. The lowest BCUT2D eigenvalue weighted by Crippen LogP contribution is -2.23. The average Bonchev–Trinajstić information content (AvgIpc) is 3.06. The van der Waals surface area contributed by atoms with E-state index in [9.17, 15) is 5.11 Å². The number of anilines is 1. The van der Waals surface area contributed by atoms with Crippen LogP contribution in [0.4, 0.5) is 5.95 Å². The number of nitrogens with two attached hydrogens (primary N) is 1. The maximum Gasteiger partial charge on any atom is 0.223 e.